The SMILES string of the molecule is CC(=C\c1ccccc1)/C=C1/SC(=O)N(Cc2ccc(Cl)cc2Cl)C1=O. The Bertz CT molecular complexity index is 923. The average Bonchev–Trinajstić information content (AvgIpc) is 2.85. The highest BCUT2D eigenvalue weighted by Crippen LogP contribution is 2.34. The van der Waals surface area contributed by atoms with Crippen LogP contribution in [0.15, 0.2) is 65.1 Å². The van der Waals surface area contributed by atoms with E-state index in [1.807, 2.05) is 43.3 Å². The van der Waals surface area contributed by atoms with Gasteiger partial charge in [0.15, 0.2) is 0 Å². The molecule has 1 heterocycles. The van der Waals surface area contributed by atoms with Crippen molar-refractivity contribution in [3.8, 4) is 0 Å². The van der Waals surface area contributed by atoms with Gasteiger partial charge in [-0.25, -0.2) is 0 Å². The molecular formula is C20H15Cl2NO2S. The van der Waals surface area contributed by atoms with Gasteiger partial charge < -0.3 is 0 Å². The van der Waals surface area contributed by atoms with E-state index in [0.29, 0.717) is 20.5 Å². The smallest absolute Gasteiger partial charge is 0.268 e. The molecular weight excluding hydrogens is 389 g/mol. The summed E-state index contributed by atoms with van der Waals surface area (Å²) in [5.41, 5.74) is 2.61. The third kappa shape index (κ3) is 4.39. The van der Waals surface area contributed by atoms with Crippen molar-refractivity contribution in [3.05, 3.63) is 86.3 Å². The van der Waals surface area contributed by atoms with Crippen LogP contribution < -0.4 is 0 Å². The second-order valence-electron chi connectivity index (χ2n) is 5.80. The first-order chi connectivity index (χ1) is 12.4. The van der Waals surface area contributed by atoms with Crippen molar-refractivity contribution < 1.29 is 9.59 Å². The molecule has 3 rings (SSSR count). The first-order valence-electron chi connectivity index (χ1n) is 7.86. The molecule has 0 saturated carbocycles. The third-order valence-corrected chi connectivity index (χ3v) is 5.26. The summed E-state index contributed by atoms with van der Waals surface area (Å²) in [6.07, 6.45) is 3.70. The van der Waals surface area contributed by atoms with Crippen molar-refractivity contribution >= 4 is 52.2 Å². The minimum absolute atomic E-state index is 0.124. The van der Waals surface area contributed by atoms with Gasteiger partial charge in [-0.05, 0) is 53.6 Å². The van der Waals surface area contributed by atoms with E-state index in [1.54, 1.807) is 24.3 Å². The highest BCUT2D eigenvalue weighted by molar-refractivity contribution is 8.18. The van der Waals surface area contributed by atoms with E-state index < -0.39 is 0 Å². The number of hydrogen-bond acceptors (Lipinski definition) is 3. The molecule has 26 heavy (non-hydrogen) atoms. The molecule has 0 unspecified atom stereocenters. The van der Waals surface area contributed by atoms with Gasteiger partial charge in [0.05, 0.1) is 11.4 Å². The molecule has 2 amide bonds. The monoisotopic (exact) mass is 403 g/mol. The number of nitrogens with zero attached hydrogens (tertiary/aromatic N) is 1. The molecule has 0 bridgehead atoms. The van der Waals surface area contributed by atoms with Gasteiger partial charge in [0.2, 0.25) is 0 Å². The van der Waals surface area contributed by atoms with Gasteiger partial charge in [-0.15, -0.1) is 0 Å². The highest BCUT2D eigenvalue weighted by Gasteiger charge is 2.35. The van der Waals surface area contributed by atoms with Crippen molar-refractivity contribution in [2.75, 3.05) is 0 Å². The number of imide groups is 1. The van der Waals surface area contributed by atoms with Crippen LogP contribution in [-0.4, -0.2) is 16.0 Å². The van der Waals surface area contributed by atoms with Gasteiger partial charge in [0, 0.05) is 10.0 Å². The summed E-state index contributed by atoms with van der Waals surface area (Å²) in [6.45, 7) is 2.02. The zero-order chi connectivity index (χ0) is 18.7. The van der Waals surface area contributed by atoms with Gasteiger partial charge in [-0.1, -0.05) is 65.7 Å². The van der Waals surface area contributed by atoms with E-state index in [1.165, 1.54) is 4.90 Å². The Morgan fingerprint density at radius 2 is 1.85 bits per heavy atom. The lowest BCUT2D eigenvalue weighted by Gasteiger charge is -2.13. The van der Waals surface area contributed by atoms with Gasteiger partial charge in [0.25, 0.3) is 11.1 Å². The molecule has 0 spiro atoms. The fourth-order valence-corrected chi connectivity index (χ4v) is 3.87. The normalized spacial score (nSPS) is 16.7. The molecule has 2 aromatic rings. The average molecular weight is 404 g/mol. The number of thioether (sulfide) groups is 1. The van der Waals surface area contributed by atoms with Crippen molar-refractivity contribution in [3.63, 3.8) is 0 Å². The summed E-state index contributed by atoms with van der Waals surface area (Å²) in [7, 11) is 0. The number of halogens is 2. The zero-order valence-corrected chi connectivity index (χ0v) is 16.2. The van der Waals surface area contributed by atoms with E-state index in [9.17, 15) is 9.59 Å². The van der Waals surface area contributed by atoms with Gasteiger partial charge in [-0.2, -0.15) is 0 Å². The number of carbonyl (C=O) groups excluding carboxylic acids is 2. The second-order valence-corrected chi connectivity index (χ2v) is 7.64. The maximum atomic E-state index is 12.6. The Hall–Kier alpha value is -2.01. The maximum absolute atomic E-state index is 12.6. The fraction of sp³-hybridized carbons (Fsp3) is 0.100. The summed E-state index contributed by atoms with van der Waals surface area (Å²) >= 11 is 13.0. The zero-order valence-electron chi connectivity index (χ0n) is 13.9. The molecule has 1 aliphatic heterocycles. The lowest BCUT2D eigenvalue weighted by Crippen LogP contribution is -2.27. The first kappa shape index (κ1) is 18.8. The number of hydrogen-bond donors (Lipinski definition) is 0. The van der Waals surface area contributed by atoms with Gasteiger partial charge >= 0.3 is 0 Å². The summed E-state index contributed by atoms with van der Waals surface area (Å²) < 4.78 is 0. The molecule has 6 heteroatoms. The van der Waals surface area contributed by atoms with Crippen LogP contribution in [0.25, 0.3) is 6.08 Å². The molecule has 1 fully saturated rings. The molecule has 0 radical (unpaired) electrons. The third-order valence-electron chi connectivity index (χ3n) is 3.77. The molecule has 0 aliphatic carbocycles. The number of carbonyl (C=O) groups is 2. The Kier molecular flexibility index (Phi) is 5.87. The predicted molar refractivity (Wildman–Crippen MR) is 108 cm³/mol. The first-order valence-corrected chi connectivity index (χ1v) is 9.44. The molecule has 0 N–H and O–H groups in total. The number of benzene rings is 2. The van der Waals surface area contributed by atoms with E-state index in [4.69, 9.17) is 23.2 Å². The Balaban J connectivity index is 1.79. The van der Waals surface area contributed by atoms with Crippen LogP contribution >= 0.6 is 35.0 Å². The summed E-state index contributed by atoms with van der Waals surface area (Å²) in [5, 5.41) is 0.634. The number of amides is 2. The maximum Gasteiger partial charge on any atom is 0.293 e. The quantitative estimate of drug-likeness (QED) is 0.572. The second kappa shape index (κ2) is 8.12. The Labute approximate surface area is 166 Å². The minimum Gasteiger partial charge on any atom is -0.268 e. The lowest BCUT2D eigenvalue weighted by atomic mass is 10.1. The topological polar surface area (TPSA) is 37.4 Å². The molecule has 132 valence electrons. The van der Waals surface area contributed by atoms with Gasteiger partial charge in [-0.3, -0.25) is 14.5 Å². The molecule has 1 aliphatic rings. The van der Waals surface area contributed by atoms with Crippen LogP contribution in [0.2, 0.25) is 10.0 Å². The number of allylic oxidation sites excluding steroid dienone is 2. The summed E-state index contributed by atoms with van der Waals surface area (Å²) in [6, 6.07) is 14.8. The van der Waals surface area contributed by atoms with Crippen LogP contribution in [0, 0.1) is 0 Å². The Morgan fingerprint density at radius 3 is 2.54 bits per heavy atom. The number of rotatable bonds is 4. The summed E-state index contributed by atoms with van der Waals surface area (Å²) in [5.74, 6) is -0.313. The molecule has 1 saturated heterocycles. The minimum atomic E-state index is -0.313. The molecule has 2 aromatic carbocycles. The largest absolute Gasteiger partial charge is 0.293 e. The fourth-order valence-electron chi connectivity index (χ4n) is 2.52. The van der Waals surface area contributed by atoms with E-state index in [-0.39, 0.29) is 17.7 Å². The van der Waals surface area contributed by atoms with Crippen LogP contribution in [-0.2, 0) is 11.3 Å². The molecule has 0 atom stereocenters. The van der Waals surface area contributed by atoms with Crippen molar-refractivity contribution in [1.29, 1.82) is 0 Å². The predicted octanol–water partition coefficient (Wildman–Crippen LogP) is 6.18. The lowest BCUT2D eigenvalue weighted by molar-refractivity contribution is -0.123. The van der Waals surface area contributed by atoms with Crippen molar-refractivity contribution in [2.24, 2.45) is 0 Å². The van der Waals surface area contributed by atoms with E-state index >= 15 is 0 Å². The summed E-state index contributed by atoms with van der Waals surface area (Å²) in [4.78, 5) is 26.5. The Morgan fingerprint density at radius 1 is 1.12 bits per heavy atom. The van der Waals surface area contributed by atoms with Crippen LogP contribution in [0.3, 0.4) is 0 Å². The highest BCUT2D eigenvalue weighted by atomic mass is 35.5. The van der Waals surface area contributed by atoms with Crippen molar-refractivity contribution in [1.82, 2.24) is 4.90 Å². The van der Waals surface area contributed by atoms with E-state index in [2.05, 4.69) is 0 Å². The van der Waals surface area contributed by atoms with Crippen LogP contribution in [0.1, 0.15) is 18.1 Å². The van der Waals surface area contributed by atoms with Gasteiger partial charge in [0.1, 0.15) is 0 Å². The molecule has 3 nitrogen and oxygen atoms in total. The van der Waals surface area contributed by atoms with Crippen LogP contribution in [0.4, 0.5) is 4.79 Å². The molecule has 0 aromatic heterocycles. The van der Waals surface area contributed by atoms with Crippen molar-refractivity contribution in [2.45, 2.75) is 13.5 Å². The van der Waals surface area contributed by atoms with Crippen LogP contribution in [0.5, 0.6) is 0 Å². The standard InChI is InChI=1S/C20H15Cl2NO2S/c1-13(9-14-5-3-2-4-6-14)10-18-19(24)23(20(25)26-18)12-15-7-8-16(21)11-17(15)22/h2-11H,12H2,1H3/b13-9+,18-10+. The van der Waals surface area contributed by atoms with E-state index in [0.717, 1.165) is 22.9 Å².